The summed E-state index contributed by atoms with van der Waals surface area (Å²) in [4.78, 5) is 11.4. The van der Waals surface area contributed by atoms with Gasteiger partial charge in [-0.3, -0.25) is 4.79 Å². The van der Waals surface area contributed by atoms with Crippen molar-refractivity contribution in [3.8, 4) is 0 Å². The molecule has 1 amide bonds. The van der Waals surface area contributed by atoms with E-state index in [9.17, 15) is 13.2 Å². The first-order chi connectivity index (χ1) is 8.71. The first-order valence-electron chi connectivity index (χ1n) is 6.51. The molecule has 3 N–H and O–H groups in total. The highest BCUT2D eigenvalue weighted by Crippen LogP contribution is 2.15. The molecule has 7 heteroatoms. The van der Waals surface area contributed by atoms with Crippen LogP contribution in [0, 0.1) is 0 Å². The summed E-state index contributed by atoms with van der Waals surface area (Å²) in [6, 6.07) is 0. The van der Waals surface area contributed by atoms with E-state index in [0.29, 0.717) is 18.7 Å². The van der Waals surface area contributed by atoms with Crippen molar-refractivity contribution in [2.75, 3.05) is 30.1 Å². The second-order valence-electron chi connectivity index (χ2n) is 4.93. The minimum Gasteiger partial charge on any atom is -0.368 e. The van der Waals surface area contributed by atoms with Crippen LogP contribution in [0.15, 0.2) is 0 Å². The Bertz CT molecular complexity index is 371. The van der Waals surface area contributed by atoms with Crippen LogP contribution in [-0.2, 0) is 14.6 Å². The van der Waals surface area contributed by atoms with Gasteiger partial charge in [-0.1, -0.05) is 13.3 Å². The van der Waals surface area contributed by atoms with E-state index in [1.165, 1.54) is 6.26 Å². The van der Waals surface area contributed by atoms with Gasteiger partial charge in [0.15, 0.2) is 0 Å². The number of thioether (sulfide) groups is 1. The normalized spacial score (nSPS) is 15.1. The maximum Gasteiger partial charge on any atom is 0.237 e. The third-order valence-corrected chi connectivity index (χ3v) is 5.20. The van der Waals surface area contributed by atoms with Crippen molar-refractivity contribution in [1.29, 1.82) is 0 Å². The number of nitrogens with two attached hydrogens (primary N) is 1. The van der Waals surface area contributed by atoms with Crippen molar-refractivity contribution in [3.05, 3.63) is 0 Å². The Kier molecular flexibility index (Phi) is 8.69. The average molecular weight is 310 g/mol. The molecule has 5 nitrogen and oxygen atoms in total. The third kappa shape index (κ3) is 9.29. The summed E-state index contributed by atoms with van der Waals surface area (Å²) in [7, 11) is -2.85. The number of nitrogens with one attached hydrogen (secondary N) is 1. The van der Waals surface area contributed by atoms with Crippen LogP contribution >= 0.6 is 11.8 Å². The molecule has 0 fully saturated rings. The molecule has 0 heterocycles. The molecule has 0 rings (SSSR count). The monoisotopic (exact) mass is 310 g/mol. The first kappa shape index (κ1) is 18.7. The molecule has 19 heavy (non-hydrogen) atoms. The molecule has 1 unspecified atom stereocenters. The number of primary amides is 1. The van der Waals surface area contributed by atoms with E-state index in [1.807, 2.05) is 13.8 Å². The van der Waals surface area contributed by atoms with E-state index in [1.54, 1.807) is 11.8 Å². The third-order valence-electron chi connectivity index (χ3n) is 2.92. The quantitative estimate of drug-likeness (QED) is 0.551. The minimum absolute atomic E-state index is 0.230. The molecular formula is C12H26N2O3S2. The molecule has 0 aliphatic carbocycles. The van der Waals surface area contributed by atoms with Crippen molar-refractivity contribution in [3.63, 3.8) is 0 Å². The van der Waals surface area contributed by atoms with Crippen LogP contribution in [0.2, 0.25) is 0 Å². The Morgan fingerprint density at radius 2 is 1.95 bits per heavy atom. The van der Waals surface area contributed by atoms with E-state index in [2.05, 4.69) is 5.32 Å². The van der Waals surface area contributed by atoms with Gasteiger partial charge in [0.1, 0.15) is 9.84 Å². The van der Waals surface area contributed by atoms with Crippen LogP contribution in [0.1, 0.15) is 33.1 Å². The highest BCUT2D eigenvalue weighted by atomic mass is 32.2. The van der Waals surface area contributed by atoms with Crippen molar-refractivity contribution in [1.82, 2.24) is 5.32 Å². The van der Waals surface area contributed by atoms with E-state index >= 15 is 0 Å². The smallest absolute Gasteiger partial charge is 0.237 e. The molecule has 0 aromatic heterocycles. The number of unbranched alkanes of at least 4 members (excludes halogenated alkanes) is 1. The van der Waals surface area contributed by atoms with Gasteiger partial charge in [0.25, 0.3) is 0 Å². The van der Waals surface area contributed by atoms with Gasteiger partial charge in [0.05, 0.1) is 11.3 Å². The standard InChI is InChI=1S/C12H26N2O3S2/c1-4-14-12(2,11(13)15)7-5-6-8-18-9-10-19(3,16)17/h14H,4-10H2,1-3H3,(H2,13,15). The van der Waals surface area contributed by atoms with E-state index < -0.39 is 15.4 Å². The van der Waals surface area contributed by atoms with Crippen molar-refractivity contribution in [2.24, 2.45) is 5.73 Å². The Morgan fingerprint density at radius 1 is 1.32 bits per heavy atom. The summed E-state index contributed by atoms with van der Waals surface area (Å²) in [5.41, 5.74) is 4.76. The van der Waals surface area contributed by atoms with E-state index in [0.717, 1.165) is 18.6 Å². The van der Waals surface area contributed by atoms with Crippen LogP contribution in [0.25, 0.3) is 0 Å². The fourth-order valence-electron chi connectivity index (χ4n) is 1.68. The molecule has 0 aromatic rings. The fourth-order valence-corrected chi connectivity index (χ4v) is 3.98. The topological polar surface area (TPSA) is 89.3 Å². The lowest BCUT2D eigenvalue weighted by atomic mass is 9.94. The van der Waals surface area contributed by atoms with Gasteiger partial charge >= 0.3 is 0 Å². The van der Waals surface area contributed by atoms with Gasteiger partial charge in [0.2, 0.25) is 5.91 Å². The lowest BCUT2D eigenvalue weighted by Gasteiger charge is -2.26. The molecular weight excluding hydrogens is 284 g/mol. The number of amides is 1. The van der Waals surface area contributed by atoms with Gasteiger partial charge in [0, 0.05) is 12.0 Å². The second kappa shape index (κ2) is 8.81. The summed E-state index contributed by atoms with van der Waals surface area (Å²) < 4.78 is 21.9. The van der Waals surface area contributed by atoms with E-state index in [-0.39, 0.29) is 11.7 Å². The first-order valence-corrected chi connectivity index (χ1v) is 9.73. The number of sulfone groups is 1. The highest BCUT2D eigenvalue weighted by molar-refractivity contribution is 8.00. The average Bonchev–Trinajstić information content (AvgIpc) is 2.26. The number of carbonyl (C=O) groups is 1. The van der Waals surface area contributed by atoms with Gasteiger partial charge in [-0.05, 0) is 32.1 Å². The largest absolute Gasteiger partial charge is 0.368 e. The number of hydrogen-bond donors (Lipinski definition) is 2. The van der Waals surface area contributed by atoms with Crippen molar-refractivity contribution in [2.45, 2.75) is 38.6 Å². The predicted octanol–water partition coefficient (Wildman–Crippen LogP) is 0.788. The maximum absolute atomic E-state index is 11.4. The minimum atomic E-state index is -2.85. The summed E-state index contributed by atoms with van der Waals surface area (Å²) in [5, 5.41) is 3.12. The molecule has 0 bridgehead atoms. The molecule has 0 aliphatic heterocycles. The molecule has 0 spiro atoms. The zero-order valence-corrected chi connectivity index (χ0v) is 13.7. The number of hydrogen-bond acceptors (Lipinski definition) is 5. The Labute approximate surface area is 121 Å². The molecule has 0 saturated heterocycles. The fraction of sp³-hybridized carbons (Fsp3) is 0.917. The number of likely N-dealkylation sites (N-methyl/N-ethyl adjacent to an activating group) is 1. The SMILES string of the molecule is CCNC(C)(CCCCSCCS(C)(=O)=O)C(N)=O. The summed E-state index contributed by atoms with van der Waals surface area (Å²) in [5.74, 6) is 1.46. The Hall–Kier alpha value is -0.270. The van der Waals surface area contributed by atoms with Crippen LogP contribution in [0.3, 0.4) is 0 Å². The van der Waals surface area contributed by atoms with Gasteiger partial charge in [-0.15, -0.1) is 0 Å². The summed E-state index contributed by atoms with van der Waals surface area (Å²) in [6.07, 6.45) is 3.83. The van der Waals surface area contributed by atoms with Gasteiger partial charge < -0.3 is 11.1 Å². The van der Waals surface area contributed by atoms with Crippen molar-refractivity contribution >= 4 is 27.5 Å². The zero-order chi connectivity index (χ0) is 14.9. The number of rotatable bonds is 11. The lowest BCUT2D eigenvalue weighted by Crippen LogP contribution is -2.52. The molecule has 0 aromatic carbocycles. The maximum atomic E-state index is 11.4. The molecule has 0 aliphatic rings. The van der Waals surface area contributed by atoms with Crippen LogP contribution < -0.4 is 11.1 Å². The summed E-state index contributed by atoms with van der Waals surface area (Å²) >= 11 is 1.64. The molecule has 114 valence electrons. The van der Waals surface area contributed by atoms with E-state index in [4.69, 9.17) is 5.73 Å². The molecule has 1 atom stereocenters. The lowest BCUT2D eigenvalue weighted by molar-refractivity contribution is -0.124. The zero-order valence-electron chi connectivity index (χ0n) is 12.1. The number of carbonyl (C=O) groups excluding carboxylic acids is 1. The molecule has 0 saturated carbocycles. The van der Waals surface area contributed by atoms with Crippen LogP contribution in [-0.4, -0.2) is 49.9 Å². The Morgan fingerprint density at radius 3 is 2.42 bits per heavy atom. The predicted molar refractivity (Wildman–Crippen MR) is 82.2 cm³/mol. The highest BCUT2D eigenvalue weighted by Gasteiger charge is 2.28. The van der Waals surface area contributed by atoms with Gasteiger partial charge in [-0.25, -0.2) is 8.42 Å². The van der Waals surface area contributed by atoms with Crippen LogP contribution in [0.4, 0.5) is 0 Å². The van der Waals surface area contributed by atoms with Crippen LogP contribution in [0.5, 0.6) is 0 Å². The Balaban J connectivity index is 3.76. The van der Waals surface area contributed by atoms with Gasteiger partial charge in [-0.2, -0.15) is 11.8 Å². The summed E-state index contributed by atoms with van der Waals surface area (Å²) in [6.45, 7) is 4.49. The molecule has 0 radical (unpaired) electrons. The second-order valence-corrected chi connectivity index (χ2v) is 8.41. The van der Waals surface area contributed by atoms with Crippen molar-refractivity contribution < 1.29 is 13.2 Å².